The van der Waals surface area contributed by atoms with Crippen molar-refractivity contribution in [2.45, 2.75) is 4.90 Å². The van der Waals surface area contributed by atoms with E-state index in [1.807, 2.05) is 24.3 Å². The third-order valence-electron chi connectivity index (χ3n) is 3.37. The third kappa shape index (κ3) is 2.47. The maximum Gasteiger partial charge on any atom is 0.304 e. The van der Waals surface area contributed by atoms with Crippen LogP contribution >= 0.6 is 11.8 Å². The number of para-hydroxylation sites is 1. The van der Waals surface area contributed by atoms with Crippen LogP contribution in [-0.4, -0.2) is 51.2 Å². The average molecular weight is 299 g/mol. The number of nitrogens with zero attached hydrogens (tertiary/aromatic N) is 2. The number of fused-ring (bicyclic) bond motifs is 1. The highest BCUT2D eigenvalue weighted by Crippen LogP contribution is 2.36. The summed E-state index contributed by atoms with van der Waals surface area (Å²) in [4.78, 5) is 1.05. The molecule has 5 nitrogen and oxygen atoms in total. The van der Waals surface area contributed by atoms with Crippen molar-refractivity contribution < 1.29 is 8.42 Å². The van der Waals surface area contributed by atoms with Crippen molar-refractivity contribution in [3.05, 3.63) is 24.3 Å². The second-order valence-corrected chi connectivity index (χ2v) is 7.53. The molecule has 0 unspecified atom stereocenters. The molecule has 0 aliphatic carbocycles. The fourth-order valence-electron chi connectivity index (χ4n) is 2.40. The SMILES string of the molecule is O=S(=O)(N1CCNCC1)N1CCSc2ccccc21. The molecule has 0 aromatic heterocycles. The molecule has 1 saturated heterocycles. The predicted molar refractivity (Wildman–Crippen MR) is 77.9 cm³/mol. The smallest absolute Gasteiger partial charge is 0.304 e. The maximum atomic E-state index is 12.7. The largest absolute Gasteiger partial charge is 0.314 e. The zero-order valence-electron chi connectivity index (χ0n) is 10.6. The molecule has 3 rings (SSSR count). The molecule has 0 radical (unpaired) electrons. The van der Waals surface area contributed by atoms with Gasteiger partial charge in [0.15, 0.2) is 0 Å². The minimum Gasteiger partial charge on any atom is -0.314 e. The number of hydrogen-bond donors (Lipinski definition) is 1. The normalized spacial score (nSPS) is 21.2. The first kappa shape index (κ1) is 13.2. The molecule has 104 valence electrons. The lowest BCUT2D eigenvalue weighted by Crippen LogP contribution is -2.52. The molecule has 1 fully saturated rings. The number of thioether (sulfide) groups is 1. The number of rotatable bonds is 2. The second-order valence-electron chi connectivity index (χ2n) is 4.55. The van der Waals surface area contributed by atoms with Gasteiger partial charge in [0.1, 0.15) is 0 Å². The fourth-order valence-corrected chi connectivity index (χ4v) is 5.22. The van der Waals surface area contributed by atoms with Crippen LogP contribution in [0.1, 0.15) is 0 Å². The van der Waals surface area contributed by atoms with Crippen LogP contribution in [0.5, 0.6) is 0 Å². The van der Waals surface area contributed by atoms with Gasteiger partial charge in [0.2, 0.25) is 0 Å². The van der Waals surface area contributed by atoms with Crippen molar-refractivity contribution in [2.24, 2.45) is 0 Å². The van der Waals surface area contributed by atoms with Gasteiger partial charge in [-0.3, -0.25) is 4.31 Å². The molecular formula is C12H17N3O2S2. The first-order chi connectivity index (χ1) is 9.19. The van der Waals surface area contributed by atoms with Crippen LogP contribution in [0, 0.1) is 0 Å². The topological polar surface area (TPSA) is 52.7 Å². The van der Waals surface area contributed by atoms with Crippen LogP contribution in [-0.2, 0) is 10.2 Å². The molecule has 0 spiro atoms. The zero-order chi connectivity index (χ0) is 13.3. The second kappa shape index (κ2) is 5.32. The lowest BCUT2D eigenvalue weighted by molar-refractivity contribution is 0.359. The molecule has 0 atom stereocenters. The van der Waals surface area contributed by atoms with Crippen molar-refractivity contribution in [1.29, 1.82) is 0 Å². The quantitative estimate of drug-likeness (QED) is 0.875. The van der Waals surface area contributed by atoms with Gasteiger partial charge in [0.25, 0.3) is 0 Å². The molecule has 1 N–H and O–H groups in total. The Hall–Kier alpha value is -0.760. The summed E-state index contributed by atoms with van der Waals surface area (Å²) in [5.41, 5.74) is 0.817. The standard InChI is InChI=1S/C12H17N3O2S2/c16-19(17,14-7-5-13-6-8-14)15-9-10-18-12-4-2-1-3-11(12)15/h1-4,13H,5-10H2. The summed E-state index contributed by atoms with van der Waals surface area (Å²) in [6.45, 7) is 3.10. The van der Waals surface area contributed by atoms with Crippen molar-refractivity contribution in [2.75, 3.05) is 42.8 Å². The van der Waals surface area contributed by atoms with Gasteiger partial charge in [-0.25, -0.2) is 0 Å². The fraction of sp³-hybridized carbons (Fsp3) is 0.500. The summed E-state index contributed by atoms with van der Waals surface area (Å²) in [6.07, 6.45) is 0. The lowest BCUT2D eigenvalue weighted by atomic mass is 10.3. The molecule has 2 aliphatic rings. The van der Waals surface area contributed by atoms with Crippen molar-refractivity contribution in [3.63, 3.8) is 0 Å². The Morgan fingerprint density at radius 2 is 1.84 bits per heavy atom. The average Bonchev–Trinajstić information content (AvgIpc) is 2.47. The molecule has 2 heterocycles. The molecule has 0 bridgehead atoms. The maximum absolute atomic E-state index is 12.7. The predicted octanol–water partition coefficient (Wildman–Crippen LogP) is 0.749. The van der Waals surface area contributed by atoms with Crippen molar-refractivity contribution in [1.82, 2.24) is 9.62 Å². The highest BCUT2D eigenvalue weighted by molar-refractivity contribution is 7.99. The van der Waals surface area contributed by atoms with E-state index in [4.69, 9.17) is 0 Å². The summed E-state index contributed by atoms with van der Waals surface area (Å²) in [6, 6.07) is 7.72. The highest BCUT2D eigenvalue weighted by atomic mass is 32.2. The Bertz CT molecular complexity index is 556. The van der Waals surface area contributed by atoms with E-state index in [9.17, 15) is 8.42 Å². The van der Waals surface area contributed by atoms with E-state index in [-0.39, 0.29) is 0 Å². The molecule has 1 aromatic carbocycles. The van der Waals surface area contributed by atoms with E-state index >= 15 is 0 Å². The molecule has 19 heavy (non-hydrogen) atoms. The minimum absolute atomic E-state index is 0.550. The van der Waals surface area contributed by atoms with Gasteiger partial charge >= 0.3 is 10.2 Å². The van der Waals surface area contributed by atoms with Crippen LogP contribution in [0.15, 0.2) is 29.2 Å². The van der Waals surface area contributed by atoms with E-state index in [2.05, 4.69) is 5.32 Å². The minimum atomic E-state index is -3.39. The van der Waals surface area contributed by atoms with E-state index < -0.39 is 10.2 Å². The van der Waals surface area contributed by atoms with Gasteiger partial charge in [-0.05, 0) is 12.1 Å². The van der Waals surface area contributed by atoms with E-state index in [1.165, 1.54) is 0 Å². The molecule has 1 aromatic rings. The number of benzene rings is 1. The Morgan fingerprint density at radius 3 is 2.63 bits per heavy atom. The Kier molecular flexibility index (Phi) is 3.70. The van der Waals surface area contributed by atoms with Gasteiger partial charge < -0.3 is 5.32 Å². The molecule has 2 aliphatic heterocycles. The van der Waals surface area contributed by atoms with Crippen LogP contribution in [0.2, 0.25) is 0 Å². The number of nitrogens with one attached hydrogen (secondary N) is 1. The molecule has 0 saturated carbocycles. The number of hydrogen-bond acceptors (Lipinski definition) is 4. The van der Waals surface area contributed by atoms with Gasteiger partial charge in [-0.1, -0.05) is 12.1 Å². The first-order valence-corrected chi connectivity index (χ1v) is 8.78. The Morgan fingerprint density at radius 1 is 1.11 bits per heavy atom. The first-order valence-electron chi connectivity index (χ1n) is 6.40. The summed E-state index contributed by atoms with van der Waals surface area (Å²) >= 11 is 1.72. The monoisotopic (exact) mass is 299 g/mol. The molecular weight excluding hydrogens is 282 g/mol. The van der Waals surface area contributed by atoms with E-state index in [0.717, 1.165) is 29.4 Å². The summed E-state index contributed by atoms with van der Waals surface area (Å²) in [5, 5.41) is 3.18. The van der Waals surface area contributed by atoms with Gasteiger partial charge in [0, 0.05) is 43.4 Å². The van der Waals surface area contributed by atoms with Crippen molar-refractivity contribution in [3.8, 4) is 0 Å². The number of piperazine rings is 1. The van der Waals surface area contributed by atoms with Crippen LogP contribution in [0.3, 0.4) is 0 Å². The Balaban J connectivity index is 1.94. The van der Waals surface area contributed by atoms with E-state index in [1.54, 1.807) is 20.4 Å². The summed E-state index contributed by atoms with van der Waals surface area (Å²) in [5.74, 6) is 0.808. The van der Waals surface area contributed by atoms with Crippen molar-refractivity contribution >= 4 is 27.7 Å². The van der Waals surface area contributed by atoms with E-state index in [0.29, 0.717) is 19.6 Å². The highest BCUT2D eigenvalue weighted by Gasteiger charge is 2.33. The number of anilines is 1. The van der Waals surface area contributed by atoms with Gasteiger partial charge in [-0.15, -0.1) is 11.8 Å². The van der Waals surface area contributed by atoms with Crippen LogP contribution in [0.4, 0.5) is 5.69 Å². The summed E-state index contributed by atoms with van der Waals surface area (Å²) < 4.78 is 28.6. The third-order valence-corrected chi connectivity index (χ3v) is 6.36. The lowest BCUT2D eigenvalue weighted by Gasteiger charge is -2.36. The van der Waals surface area contributed by atoms with Gasteiger partial charge in [0.05, 0.1) is 5.69 Å². The Labute approximate surface area is 118 Å². The molecule has 7 heteroatoms. The van der Waals surface area contributed by atoms with Gasteiger partial charge in [-0.2, -0.15) is 12.7 Å². The van der Waals surface area contributed by atoms with Crippen LogP contribution < -0.4 is 9.62 Å². The zero-order valence-corrected chi connectivity index (χ0v) is 12.2. The molecule has 0 amide bonds. The van der Waals surface area contributed by atoms with Crippen LogP contribution in [0.25, 0.3) is 0 Å². The summed E-state index contributed by atoms with van der Waals surface area (Å²) in [7, 11) is -3.39.